The van der Waals surface area contributed by atoms with E-state index in [1.54, 1.807) is 13.8 Å². The van der Waals surface area contributed by atoms with E-state index in [0.717, 1.165) is 19.4 Å². The molecule has 1 saturated heterocycles. The van der Waals surface area contributed by atoms with Crippen molar-refractivity contribution in [1.29, 1.82) is 0 Å². The highest BCUT2D eigenvalue weighted by atomic mass is 16.6. The number of nitro groups is 1. The van der Waals surface area contributed by atoms with Crippen LogP contribution in [0.4, 0.5) is 5.69 Å². The van der Waals surface area contributed by atoms with Gasteiger partial charge < -0.3 is 10.1 Å². The van der Waals surface area contributed by atoms with E-state index in [1.165, 1.54) is 4.68 Å². The van der Waals surface area contributed by atoms with Crippen LogP contribution in [0.25, 0.3) is 0 Å². The average Bonchev–Trinajstić information content (AvgIpc) is 2.96. The Morgan fingerprint density at radius 1 is 1.60 bits per heavy atom. The zero-order chi connectivity index (χ0) is 14.7. The molecule has 1 aliphatic rings. The van der Waals surface area contributed by atoms with Crippen LogP contribution >= 0.6 is 0 Å². The van der Waals surface area contributed by atoms with E-state index >= 15 is 0 Å². The molecule has 2 heterocycles. The Balaban J connectivity index is 1.94. The van der Waals surface area contributed by atoms with Crippen molar-refractivity contribution in [3.63, 3.8) is 0 Å². The summed E-state index contributed by atoms with van der Waals surface area (Å²) in [4.78, 5) is 22.2. The van der Waals surface area contributed by atoms with Crippen LogP contribution in [0, 0.1) is 24.0 Å². The number of ether oxygens (including phenoxy) is 1. The van der Waals surface area contributed by atoms with Crippen LogP contribution < -0.4 is 5.32 Å². The first kappa shape index (κ1) is 14.4. The molecular formula is C12H18N4O4. The van der Waals surface area contributed by atoms with E-state index in [4.69, 9.17) is 4.74 Å². The van der Waals surface area contributed by atoms with E-state index in [1.807, 2.05) is 0 Å². The summed E-state index contributed by atoms with van der Waals surface area (Å²) in [6.45, 7) is 4.34. The Morgan fingerprint density at radius 2 is 2.35 bits per heavy atom. The van der Waals surface area contributed by atoms with Gasteiger partial charge in [-0.1, -0.05) is 0 Å². The fraction of sp³-hybridized carbons (Fsp3) is 0.667. The Morgan fingerprint density at radius 3 is 2.90 bits per heavy atom. The van der Waals surface area contributed by atoms with Crippen molar-refractivity contribution in [3.8, 4) is 0 Å². The number of rotatable bonds is 5. The van der Waals surface area contributed by atoms with Gasteiger partial charge in [0.25, 0.3) is 0 Å². The second-order valence-electron chi connectivity index (χ2n) is 4.87. The standard InChI is InChI=1S/C12H18N4O4/c1-8-12(16(18)19)9(2)15(14-8)7-11(17)13-6-10-4-3-5-20-10/h10H,3-7H2,1-2H3,(H,13,17)/t10-/m1/s1. The molecule has 2 rings (SSSR count). The lowest BCUT2D eigenvalue weighted by molar-refractivity contribution is -0.386. The molecule has 20 heavy (non-hydrogen) atoms. The van der Waals surface area contributed by atoms with Gasteiger partial charge in [-0.15, -0.1) is 0 Å². The van der Waals surface area contributed by atoms with E-state index in [9.17, 15) is 14.9 Å². The zero-order valence-corrected chi connectivity index (χ0v) is 11.6. The maximum atomic E-state index is 11.8. The average molecular weight is 282 g/mol. The lowest BCUT2D eigenvalue weighted by atomic mass is 10.2. The molecule has 0 unspecified atom stereocenters. The second kappa shape index (κ2) is 6.00. The van der Waals surface area contributed by atoms with Crippen molar-refractivity contribution in [1.82, 2.24) is 15.1 Å². The summed E-state index contributed by atoms with van der Waals surface area (Å²) in [7, 11) is 0. The highest BCUT2D eigenvalue weighted by Gasteiger charge is 2.23. The van der Waals surface area contributed by atoms with Crippen LogP contribution in [-0.4, -0.2) is 39.9 Å². The van der Waals surface area contributed by atoms with E-state index < -0.39 is 4.92 Å². The second-order valence-corrected chi connectivity index (χ2v) is 4.87. The molecule has 110 valence electrons. The van der Waals surface area contributed by atoms with E-state index in [2.05, 4.69) is 10.4 Å². The first-order valence-electron chi connectivity index (χ1n) is 6.55. The number of carbonyl (C=O) groups excluding carboxylic acids is 1. The fourth-order valence-corrected chi connectivity index (χ4v) is 2.33. The van der Waals surface area contributed by atoms with Gasteiger partial charge in [-0.25, -0.2) is 0 Å². The predicted octanol–water partition coefficient (Wildman–Crippen LogP) is 0.703. The third kappa shape index (κ3) is 3.13. The van der Waals surface area contributed by atoms with Crippen LogP contribution in [0.1, 0.15) is 24.2 Å². The first-order chi connectivity index (χ1) is 9.49. The van der Waals surface area contributed by atoms with Crippen LogP contribution in [0.5, 0.6) is 0 Å². The fourth-order valence-electron chi connectivity index (χ4n) is 2.33. The minimum atomic E-state index is -0.474. The molecule has 1 N–H and O–H groups in total. The van der Waals surface area contributed by atoms with Gasteiger partial charge in [-0.2, -0.15) is 5.10 Å². The van der Waals surface area contributed by atoms with Crippen molar-refractivity contribution in [2.24, 2.45) is 0 Å². The normalized spacial score (nSPS) is 18.2. The number of nitrogens with zero attached hydrogens (tertiary/aromatic N) is 3. The number of amides is 1. The van der Waals surface area contributed by atoms with Gasteiger partial charge in [0.15, 0.2) is 0 Å². The lowest BCUT2D eigenvalue weighted by Gasteiger charge is -2.11. The maximum Gasteiger partial charge on any atom is 0.312 e. The first-order valence-corrected chi connectivity index (χ1v) is 6.55. The highest BCUT2D eigenvalue weighted by Crippen LogP contribution is 2.21. The van der Waals surface area contributed by atoms with Gasteiger partial charge in [0.1, 0.15) is 17.9 Å². The predicted molar refractivity (Wildman–Crippen MR) is 70.3 cm³/mol. The highest BCUT2D eigenvalue weighted by molar-refractivity contribution is 5.75. The molecule has 8 heteroatoms. The van der Waals surface area contributed by atoms with Gasteiger partial charge in [0.2, 0.25) is 5.91 Å². The Hall–Kier alpha value is -1.96. The van der Waals surface area contributed by atoms with Crippen LogP contribution in [-0.2, 0) is 16.1 Å². The number of hydrogen-bond acceptors (Lipinski definition) is 5. The Bertz CT molecular complexity index is 520. The third-order valence-corrected chi connectivity index (χ3v) is 3.37. The number of aromatic nitrogens is 2. The van der Waals surface area contributed by atoms with Crippen molar-refractivity contribution in [2.75, 3.05) is 13.2 Å². The summed E-state index contributed by atoms with van der Waals surface area (Å²) in [5.41, 5.74) is 0.677. The van der Waals surface area contributed by atoms with Crippen LogP contribution in [0.3, 0.4) is 0 Å². The maximum absolute atomic E-state index is 11.8. The Kier molecular flexibility index (Phi) is 4.33. The van der Waals surface area contributed by atoms with E-state index in [-0.39, 0.29) is 24.2 Å². The molecule has 0 saturated carbocycles. The zero-order valence-electron chi connectivity index (χ0n) is 11.6. The molecule has 0 bridgehead atoms. The molecule has 8 nitrogen and oxygen atoms in total. The number of aryl methyl sites for hydroxylation is 1. The minimum absolute atomic E-state index is 0.0206. The molecule has 0 spiro atoms. The molecule has 1 aromatic rings. The number of carbonyl (C=O) groups is 1. The summed E-state index contributed by atoms with van der Waals surface area (Å²) < 4.78 is 6.76. The van der Waals surface area contributed by atoms with Crippen molar-refractivity contribution in [3.05, 3.63) is 21.5 Å². The quantitative estimate of drug-likeness (QED) is 0.633. The summed E-state index contributed by atoms with van der Waals surface area (Å²) in [6.07, 6.45) is 2.05. The summed E-state index contributed by atoms with van der Waals surface area (Å²) in [6, 6.07) is 0. The smallest absolute Gasteiger partial charge is 0.312 e. The van der Waals surface area contributed by atoms with E-state index in [0.29, 0.717) is 17.9 Å². The van der Waals surface area contributed by atoms with Crippen LogP contribution in [0.2, 0.25) is 0 Å². The minimum Gasteiger partial charge on any atom is -0.376 e. The summed E-state index contributed by atoms with van der Waals surface area (Å²) >= 11 is 0. The van der Waals surface area contributed by atoms with Gasteiger partial charge in [-0.3, -0.25) is 19.6 Å². The van der Waals surface area contributed by atoms with Crippen molar-refractivity contribution in [2.45, 2.75) is 39.3 Å². The topological polar surface area (TPSA) is 99.3 Å². The Labute approximate surface area is 116 Å². The molecular weight excluding hydrogens is 264 g/mol. The van der Waals surface area contributed by atoms with Gasteiger partial charge in [0.05, 0.1) is 11.0 Å². The number of hydrogen-bond donors (Lipinski definition) is 1. The molecule has 0 aromatic carbocycles. The van der Waals surface area contributed by atoms with Gasteiger partial charge in [0, 0.05) is 13.2 Å². The molecule has 1 fully saturated rings. The SMILES string of the molecule is Cc1nn(CC(=O)NC[C@H]2CCCO2)c(C)c1[N+](=O)[O-]. The molecule has 1 amide bonds. The molecule has 0 aliphatic carbocycles. The van der Waals surface area contributed by atoms with Crippen molar-refractivity contribution >= 4 is 11.6 Å². The van der Waals surface area contributed by atoms with Gasteiger partial charge in [-0.05, 0) is 26.7 Å². The molecule has 0 radical (unpaired) electrons. The van der Waals surface area contributed by atoms with Crippen molar-refractivity contribution < 1.29 is 14.5 Å². The number of nitrogens with one attached hydrogen (secondary N) is 1. The summed E-state index contributed by atoms with van der Waals surface area (Å²) in [5.74, 6) is -0.221. The lowest BCUT2D eigenvalue weighted by Crippen LogP contribution is -2.34. The van der Waals surface area contributed by atoms with Crippen LogP contribution in [0.15, 0.2) is 0 Å². The molecule has 1 atom stereocenters. The summed E-state index contributed by atoms with van der Waals surface area (Å²) in [5, 5.41) is 17.7. The largest absolute Gasteiger partial charge is 0.376 e. The molecule has 1 aliphatic heterocycles. The van der Waals surface area contributed by atoms with Gasteiger partial charge >= 0.3 is 5.69 Å². The monoisotopic (exact) mass is 282 g/mol. The third-order valence-electron chi connectivity index (χ3n) is 3.37. The molecule has 1 aromatic heterocycles.